The quantitative estimate of drug-likeness (QED) is 0.812. The van der Waals surface area contributed by atoms with Crippen molar-refractivity contribution in [2.75, 3.05) is 5.32 Å². The van der Waals surface area contributed by atoms with Crippen LogP contribution in [0.5, 0.6) is 0 Å². The third-order valence-electron chi connectivity index (χ3n) is 2.29. The van der Waals surface area contributed by atoms with Gasteiger partial charge in [0.1, 0.15) is 17.2 Å². The summed E-state index contributed by atoms with van der Waals surface area (Å²) in [6.45, 7) is 0. The van der Waals surface area contributed by atoms with Crippen molar-refractivity contribution in [2.24, 2.45) is 0 Å². The molecule has 0 atom stereocenters. The fourth-order valence-electron chi connectivity index (χ4n) is 1.44. The highest BCUT2D eigenvalue weighted by Gasteiger charge is 2.16. The zero-order valence-electron chi connectivity index (χ0n) is 9.08. The van der Waals surface area contributed by atoms with Gasteiger partial charge >= 0.3 is 0 Å². The number of carbonyl (C=O) groups excluding carboxylic acids is 1. The summed E-state index contributed by atoms with van der Waals surface area (Å²) < 4.78 is 27.7. The minimum atomic E-state index is -0.877. The van der Waals surface area contributed by atoms with Gasteiger partial charge in [-0.1, -0.05) is 6.07 Å². The van der Waals surface area contributed by atoms with E-state index in [4.69, 9.17) is 0 Å². The first kappa shape index (κ1) is 12.9. The molecular formula is C13H8F2INO. The molecule has 0 aromatic heterocycles. The lowest BCUT2D eigenvalue weighted by atomic mass is 10.2. The number of amides is 1. The lowest BCUT2D eigenvalue weighted by Crippen LogP contribution is -2.15. The highest BCUT2D eigenvalue weighted by Crippen LogP contribution is 2.16. The fraction of sp³-hybridized carbons (Fsp3) is 0. The normalized spacial score (nSPS) is 10.2. The van der Waals surface area contributed by atoms with E-state index in [1.165, 1.54) is 6.07 Å². The van der Waals surface area contributed by atoms with Crippen molar-refractivity contribution in [1.82, 2.24) is 0 Å². The summed E-state index contributed by atoms with van der Waals surface area (Å²) in [4.78, 5) is 11.7. The van der Waals surface area contributed by atoms with Gasteiger partial charge < -0.3 is 5.32 Å². The van der Waals surface area contributed by atoms with E-state index in [0.717, 1.165) is 15.7 Å². The first-order valence-electron chi connectivity index (χ1n) is 5.09. The van der Waals surface area contributed by atoms with Gasteiger partial charge in [0, 0.05) is 9.26 Å². The van der Waals surface area contributed by atoms with Gasteiger partial charge in [-0.3, -0.25) is 4.79 Å². The number of carbonyl (C=O) groups is 1. The van der Waals surface area contributed by atoms with E-state index in [1.807, 2.05) is 0 Å². The molecule has 2 rings (SSSR count). The minimum Gasteiger partial charge on any atom is -0.322 e. The Hall–Kier alpha value is -1.50. The molecule has 92 valence electrons. The maximum absolute atomic E-state index is 13.4. The average Bonchev–Trinajstić information content (AvgIpc) is 2.32. The summed E-state index contributed by atoms with van der Waals surface area (Å²) in [5.74, 6) is -2.55. The molecule has 0 aliphatic carbocycles. The van der Waals surface area contributed by atoms with Crippen LogP contribution in [0.3, 0.4) is 0 Å². The highest BCUT2D eigenvalue weighted by molar-refractivity contribution is 14.1. The Bertz CT molecular complexity index is 564. The second kappa shape index (κ2) is 5.43. The van der Waals surface area contributed by atoms with Gasteiger partial charge in [-0.05, 0) is 59.0 Å². The van der Waals surface area contributed by atoms with E-state index >= 15 is 0 Å². The fourth-order valence-corrected chi connectivity index (χ4v) is 1.80. The van der Waals surface area contributed by atoms with E-state index in [0.29, 0.717) is 5.69 Å². The maximum Gasteiger partial charge on any atom is 0.261 e. The predicted octanol–water partition coefficient (Wildman–Crippen LogP) is 3.82. The standard InChI is InChI=1S/C13H8F2INO/c14-10-2-1-3-11(15)12(10)13(18)17-9-6-4-8(16)5-7-9/h1-7H,(H,17,18). The number of hydrogen-bond donors (Lipinski definition) is 1. The van der Waals surface area contributed by atoms with Gasteiger partial charge in [-0.25, -0.2) is 8.78 Å². The zero-order chi connectivity index (χ0) is 13.1. The van der Waals surface area contributed by atoms with Crippen LogP contribution in [-0.4, -0.2) is 5.91 Å². The Morgan fingerprint density at radius 3 is 2.11 bits per heavy atom. The molecule has 0 aliphatic heterocycles. The van der Waals surface area contributed by atoms with E-state index in [2.05, 4.69) is 27.9 Å². The number of benzene rings is 2. The first-order valence-corrected chi connectivity index (χ1v) is 6.17. The monoisotopic (exact) mass is 359 g/mol. The Labute approximate surface area is 116 Å². The van der Waals surface area contributed by atoms with Gasteiger partial charge in [-0.15, -0.1) is 0 Å². The van der Waals surface area contributed by atoms with Crippen LogP contribution < -0.4 is 5.32 Å². The lowest BCUT2D eigenvalue weighted by molar-refractivity contribution is 0.101. The molecule has 0 fully saturated rings. The molecular weight excluding hydrogens is 351 g/mol. The second-order valence-corrected chi connectivity index (χ2v) is 4.80. The summed E-state index contributed by atoms with van der Waals surface area (Å²) in [5.41, 5.74) is -0.0841. The maximum atomic E-state index is 13.4. The zero-order valence-corrected chi connectivity index (χ0v) is 11.2. The number of nitrogens with one attached hydrogen (secondary N) is 1. The summed E-state index contributed by atoms with van der Waals surface area (Å²) in [6.07, 6.45) is 0. The topological polar surface area (TPSA) is 29.1 Å². The van der Waals surface area contributed by atoms with Gasteiger partial charge in [0.25, 0.3) is 5.91 Å². The third-order valence-corrected chi connectivity index (χ3v) is 3.01. The molecule has 0 spiro atoms. The molecule has 2 aromatic rings. The molecule has 0 heterocycles. The van der Waals surface area contributed by atoms with E-state index < -0.39 is 23.1 Å². The predicted molar refractivity (Wildman–Crippen MR) is 73.5 cm³/mol. The molecule has 0 unspecified atom stereocenters. The van der Waals surface area contributed by atoms with Crippen molar-refractivity contribution in [3.05, 3.63) is 63.2 Å². The Morgan fingerprint density at radius 2 is 1.56 bits per heavy atom. The van der Waals surface area contributed by atoms with E-state index in [1.54, 1.807) is 24.3 Å². The number of hydrogen-bond acceptors (Lipinski definition) is 1. The largest absolute Gasteiger partial charge is 0.322 e. The van der Waals surface area contributed by atoms with Crippen molar-refractivity contribution >= 4 is 34.2 Å². The second-order valence-electron chi connectivity index (χ2n) is 3.56. The molecule has 0 saturated heterocycles. The number of rotatable bonds is 2. The number of anilines is 1. The van der Waals surface area contributed by atoms with Gasteiger partial charge in [0.15, 0.2) is 0 Å². The van der Waals surface area contributed by atoms with Gasteiger partial charge in [0.2, 0.25) is 0 Å². The molecule has 1 N–H and O–H groups in total. The Morgan fingerprint density at radius 1 is 1.00 bits per heavy atom. The molecule has 0 saturated carbocycles. The molecule has 1 amide bonds. The Balaban J connectivity index is 2.25. The summed E-state index contributed by atoms with van der Waals surface area (Å²) in [5, 5.41) is 2.44. The summed E-state index contributed by atoms with van der Waals surface area (Å²) in [7, 11) is 0. The molecule has 0 aliphatic rings. The van der Waals surface area contributed by atoms with Crippen molar-refractivity contribution in [2.45, 2.75) is 0 Å². The van der Waals surface area contributed by atoms with Crippen molar-refractivity contribution < 1.29 is 13.6 Å². The van der Waals surface area contributed by atoms with Crippen LogP contribution in [0.15, 0.2) is 42.5 Å². The van der Waals surface area contributed by atoms with Crippen molar-refractivity contribution in [1.29, 1.82) is 0 Å². The van der Waals surface area contributed by atoms with E-state index in [9.17, 15) is 13.6 Å². The third kappa shape index (κ3) is 2.84. The number of halogens is 3. The van der Waals surface area contributed by atoms with Crippen LogP contribution >= 0.6 is 22.6 Å². The van der Waals surface area contributed by atoms with Crippen LogP contribution in [0, 0.1) is 15.2 Å². The SMILES string of the molecule is O=C(Nc1ccc(I)cc1)c1c(F)cccc1F. The van der Waals surface area contributed by atoms with Crippen LogP contribution in [0.1, 0.15) is 10.4 Å². The molecule has 18 heavy (non-hydrogen) atoms. The van der Waals surface area contributed by atoms with Crippen LogP contribution in [0.2, 0.25) is 0 Å². The minimum absolute atomic E-state index is 0.489. The first-order chi connectivity index (χ1) is 8.58. The van der Waals surface area contributed by atoms with Crippen molar-refractivity contribution in [3.8, 4) is 0 Å². The van der Waals surface area contributed by atoms with Gasteiger partial charge in [-0.2, -0.15) is 0 Å². The highest BCUT2D eigenvalue weighted by atomic mass is 127. The van der Waals surface area contributed by atoms with Crippen molar-refractivity contribution in [3.63, 3.8) is 0 Å². The molecule has 0 radical (unpaired) electrons. The van der Waals surface area contributed by atoms with Crippen LogP contribution in [0.4, 0.5) is 14.5 Å². The smallest absolute Gasteiger partial charge is 0.261 e. The average molecular weight is 359 g/mol. The summed E-state index contributed by atoms with van der Waals surface area (Å²) in [6, 6.07) is 10.2. The molecule has 5 heteroatoms. The van der Waals surface area contributed by atoms with Crippen LogP contribution in [0.25, 0.3) is 0 Å². The Kier molecular flexibility index (Phi) is 3.90. The lowest BCUT2D eigenvalue weighted by Gasteiger charge is -2.07. The summed E-state index contributed by atoms with van der Waals surface area (Å²) >= 11 is 2.12. The van der Waals surface area contributed by atoms with Gasteiger partial charge in [0.05, 0.1) is 0 Å². The van der Waals surface area contributed by atoms with Crippen LogP contribution in [-0.2, 0) is 0 Å². The molecule has 2 nitrogen and oxygen atoms in total. The molecule has 0 bridgehead atoms. The van der Waals surface area contributed by atoms with E-state index in [-0.39, 0.29) is 0 Å². The molecule has 2 aromatic carbocycles.